The normalized spacial score (nSPS) is 18.9. The molecule has 0 saturated heterocycles. The minimum absolute atomic E-state index is 0. The number of hydrogen-bond donors (Lipinski definition) is 1. The first-order valence-corrected chi connectivity index (χ1v) is 6.26. The SMILES string of the molecule is CCN1C(=O)C(C)C[C-]=C1c1ccc(O)cc1C.[Y]. The van der Waals surface area contributed by atoms with Crippen LogP contribution >= 0.6 is 0 Å². The van der Waals surface area contributed by atoms with Crippen LogP contribution in [-0.2, 0) is 37.5 Å². The van der Waals surface area contributed by atoms with E-state index in [0.717, 1.165) is 16.8 Å². The molecule has 99 valence electrons. The second-order valence-corrected chi connectivity index (χ2v) is 4.71. The van der Waals surface area contributed by atoms with Gasteiger partial charge in [0.05, 0.1) is 0 Å². The summed E-state index contributed by atoms with van der Waals surface area (Å²) in [6.07, 6.45) is 3.97. The van der Waals surface area contributed by atoms with E-state index in [4.69, 9.17) is 0 Å². The fourth-order valence-corrected chi connectivity index (χ4v) is 2.28. The van der Waals surface area contributed by atoms with E-state index >= 15 is 0 Å². The molecule has 19 heavy (non-hydrogen) atoms. The van der Waals surface area contributed by atoms with Crippen molar-refractivity contribution in [1.29, 1.82) is 0 Å². The predicted octanol–water partition coefficient (Wildman–Crippen LogP) is 2.73. The van der Waals surface area contributed by atoms with Crippen LogP contribution in [0.2, 0.25) is 0 Å². The Morgan fingerprint density at radius 2 is 2.16 bits per heavy atom. The third-order valence-electron chi connectivity index (χ3n) is 3.31. The fourth-order valence-electron chi connectivity index (χ4n) is 2.28. The number of rotatable bonds is 2. The maximum absolute atomic E-state index is 12.1. The van der Waals surface area contributed by atoms with Gasteiger partial charge in [-0.2, -0.15) is 0 Å². The van der Waals surface area contributed by atoms with Crippen LogP contribution in [0, 0.1) is 18.9 Å². The number of phenols is 1. The minimum Gasteiger partial charge on any atom is -0.508 e. The van der Waals surface area contributed by atoms with E-state index in [1.807, 2.05) is 26.8 Å². The molecular formula is C15H18NO2Y-. The van der Waals surface area contributed by atoms with Crippen molar-refractivity contribution in [3.63, 3.8) is 0 Å². The Hall–Kier alpha value is -0.666. The number of hydrogen-bond acceptors (Lipinski definition) is 2. The molecule has 1 N–H and O–H groups in total. The van der Waals surface area contributed by atoms with Crippen molar-refractivity contribution >= 4 is 11.6 Å². The molecular weight excluding hydrogens is 315 g/mol. The van der Waals surface area contributed by atoms with E-state index in [0.29, 0.717) is 13.0 Å². The molecule has 0 aromatic heterocycles. The van der Waals surface area contributed by atoms with Crippen LogP contribution in [0.25, 0.3) is 5.70 Å². The van der Waals surface area contributed by atoms with Crippen molar-refractivity contribution in [3.05, 3.63) is 35.4 Å². The average molecular weight is 333 g/mol. The van der Waals surface area contributed by atoms with Gasteiger partial charge in [0.15, 0.2) is 0 Å². The van der Waals surface area contributed by atoms with Crippen LogP contribution < -0.4 is 0 Å². The molecule has 0 fully saturated rings. The van der Waals surface area contributed by atoms with Gasteiger partial charge in [-0.15, -0.1) is 22.9 Å². The topological polar surface area (TPSA) is 40.5 Å². The molecule has 3 nitrogen and oxygen atoms in total. The molecule has 1 aliphatic rings. The summed E-state index contributed by atoms with van der Waals surface area (Å²) in [6, 6.07) is 5.20. The van der Waals surface area contributed by atoms with Crippen molar-refractivity contribution < 1.29 is 42.6 Å². The van der Waals surface area contributed by atoms with Gasteiger partial charge >= 0.3 is 0 Å². The summed E-state index contributed by atoms with van der Waals surface area (Å²) < 4.78 is 0. The number of carbonyl (C=O) groups is 1. The predicted molar refractivity (Wildman–Crippen MR) is 70.7 cm³/mol. The summed E-state index contributed by atoms with van der Waals surface area (Å²) in [5.41, 5.74) is 2.77. The quantitative estimate of drug-likeness (QED) is 0.846. The largest absolute Gasteiger partial charge is 0.508 e. The molecule has 2 rings (SSSR count). The Morgan fingerprint density at radius 1 is 1.47 bits per heavy atom. The molecule has 4 heteroatoms. The summed E-state index contributed by atoms with van der Waals surface area (Å²) in [6.45, 7) is 6.47. The van der Waals surface area contributed by atoms with Gasteiger partial charge in [0, 0.05) is 45.2 Å². The molecule has 1 atom stereocenters. The molecule has 0 spiro atoms. The van der Waals surface area contributed by atoms with Crippen molar-refractivity contribution in [1.82, 2.24) is 4.90 Å². The molecule has 1 amide bonds. The van der Waals surface area contributed by atoms with Gasteiger partial charge in [-0.3, -0.25) is 4.79 Å². The number of aromatic hydroxyl groups is 1. The van der Waals surface area contributed by atoms with Gasteiger partial charge in [0.2, 0.25) is 5.91 Å². The van der Waals surface area contributed by atoms with E-state index in [2.05, 4.69) is 6.08 Å². The first-order valence-electron chi connectivity index (χ1n) is 6.26. The smallest absolute Gasteiger partial charge is 0.225 e. The number of benzene rings is 1. The van der Waals surface area contributed by atoms with Crippen molar-refractivity contribution in [3.8, 4) is 5.75 Å². The zero-order valence-electron chi connectivity index (χ0n) is 11.6. The molecule has 1 unspecified atom stereocenters. The van der Waals surface area contributed by atoms with E-state index in [-0.39, 0.29) is 50.3 Å². The van der Waals surface area contributed by atoms with Gasteiger partial charge < -0.3 is 10.0 Å². The molecule has 0 saturated carbocycles. The third kappa shape index (κ3) is 3.26. The Balaban J connectivity index is 0.00000180. The van der Waals surface area contributed by atoms with Crippen LogP contribution in [0.1, 0.15) is 31.4 Å². The number of allylic oxidation sites excluding steroid dienone is 1. The van der Waals surface area contributed by atoms with Crippen molar-refractivity contribution in [2.75, 3.05) is 6.54 Å². The van der Waals surface area contributed by atoms with Crippen LogP contribution in [0.5, 0.6) is 5.75 Å². The number of amides is 1. The zero-order valence-corrected chi connectivity index (χ0v) is 14.4. The summed E-state index contributed by atoms with van der Waals surface area (Å²) in [7, 11) is 0. The minimum atomic E-state index is 0. The van der Waals surface area contributed by atoms with Crippen LogP contribution in [0.4, 0.5) is 0 Å². The summed E-state index contributed by atoms with van der Waals surface area (Å²) in [5, 5.41) is 9.44. The molecule has 0 aliphatic carbocycles. The molecule has 1 aliphatic heterocycles. The zero-order chi connectivity index (χ0) is 13.3. The number of phenolic OH excluding ortho intramolecular Hbond substituents is 1. The number of aryl methyl sites for hydroxylation is 1. The first kappa shape index (κ1) is 16.4. The fraction of sp³-hybridized carbons (Fsp3) is 0.400. The first-order chi connectivity index (χ1) is 8.54. The van der Waals surface area contributed by atoms with Gasteiger partial charge in [-0.25, -0.2) is 6.08 Å². The van der Waals surface area contributed by atoms with E-state index in [1.54, 1.807) is 17.0 Å². The standard InChI is InChI=1S/C15H18NO2.Y/c1-4-16-14(8-5-10(2)15(16)18)13-7-6-12(17)9-11(13)3;/h6-7,9-10,17H,4-5H2,1-3H3;/q-1;. The second kappa shape index (κ2) is 6.67. The monoisotopic (exact) mass is 333 g/mol. The van der Waals surface area contributed by atoms with Gasteiger partial charge in [0.25, 0.3) is 0 Å². The van der Waals surface area contributed by atoms with E-state index < -0.39 is 0 Å². The van der Waals surface area contributed by atoms with Gasteiger partial charge in [0.1, 0.15) is 5.75 Å². The summed E-state index contributed by atoms with van der Waals surface area (Å²) >= 11 is 0. The molecule has 1 heterocycles. The number of carbonyl (C=O) groups excluding carboxylic acids is 1. The van der Waals surface area contributed by atoms with Crippen LogP contribution in [-0.4, -0.2) is 22.5 Å². The van der Waals surface area contributed by atoms with Gasteiger partial charge in [-0.1, -0.05) is 20.3 Å². The second-order valence-electron chi connectivity index (χ2n) is 4.71. The van der Waals surface area contributed by atoms with Crippen LogP contribution in [0.3, 0.4) is 0 Å². The molecule has 1 radical (unpaired) electrons. The molecule has 1 aromatic rings. The van der Waals surface area contributed by atoms with Gasteiger partial charge in [-0.05, 0) is 19.1 Å². The van der Waals surface area contributed by atoms with Crippen molar-refractivity contribution in [2.24, 2.45) is 5.92 Å². The maximum atomic E-state index is 12.1. The van der Waals surface area contributed by atoms with Crippen LogP contribution in [0.15, 0.2) is 18.2 Å². The molecule has 1 aromatic carbocycles. The maximum Gasteiger partial charge on any atom is 0.225 e. The van der Waals surface area contributed by atoms with Crippen molar-refractivity contribution in [2.45, 2.75) is 27.2 Å². The van der Waals surface area contributed by atoms with E-state index in [1.165, 1.54) is 0 Å². The summed E-state index contributed by atoms with van der Waals surface area (Å²) in [4.78, 5) is 13.9. The Bertz CT molecular complexity index is 511. The Kier molecular flexibility index (Phi) is 5.75. The Morgan fingerprint density at radius 3 is 2.74 bits per heavy atom. The Labute approximate surface area is 139 Å². The summed E-state index contributed by atoms with van der Waals surface area (Å²) in [5.74, 6) is 0.403. The average Bonchev–Trinajstić information content (AvgIpc) is 2.33. The number of nitrogens with zero attached hydrogens (tertiary/aromatic N) is 1. The third-order valence-corrected chi connectivity index (χ3v) is 3.31. The molecule has 0 bridgehead atoms. The van der Waals surface area contributed by atoms with E-state index in [9.17, 15) is 9.90 Å².